The van der Waals surface area contributed by atoms with Crippen LogP contribution >= 0.6 is 0 Å². The molecule has 0 amide bonds. The molecular weight excluding hydrogens is 242 g/mol. The molecule has 3 rings (SSSR count). The maximum absolute atomic E-state index is 6.55. The molecule has 0 fully saturated rings. The van der Waals surface area contributed by atoms with E-state index in [4.69, 9.17) is 5.73 Å². The molecule has 0 radical (unpaired) electrons. The summed E-state index contributed by atoms with van der Waals surface area (Å²) < 4.78 is 0. The minimum Gasteiger partial charge on any atom is -0.320 e. The van der Waals surface area contributed by atoms with Gasteiger partial charge in [0.15, 0.2) is 0 Å². The van der Waals surface area contributed by atoms with Gasteiger partial charge in [-0.05, 0) is 46.9 Å². The Morgan fingerprint density at radius 2 is 1.40 bits per heavy atom. The van der Waals surface area contributed by atoms with Gasteiger partial charge in [-0.15, -0.1) is 0 Å². The van der Waals surface area contributed by atoms with E-state index in [2.05, 4.69) is 74.5 Å². The van der Waals surface area contributed by atoms with Gasteiger partial charge in [0.05, 0.1) is 6.04 Å². The highest BCUT2D eigenvalue weighted by atomic mass is 14.6. The van der Waals surface area contributed by atoms with E-state index in [1.807, 2.05) is 0 Å². The molecule has 0 bridgehead atoms. The summed E-state index contributed by atoms with van der Waals surface area (Å²) in [5.41, 5.74) is 11.5. The van der Waals surface area contributed by atoms with Crippen molar-refractivity contribution in [1.82, 2.24) is 0 Å². The average Bonchev–Trinajstić information content (AvgIpc) is 2.49. The van der Waals surface area contributed by atoms with E-state index in [-0.39, 0.29) is 6.04 Å². The molecule has 20 heavy (non-hydrogen) atoms. The average molecular weight is 261 g/mol. The molecule has 1 nitrogen and oxygen atoms in total. The van der Waals surface area contributed by atoms with Crippen LogP contribution in [0.5, 0.6) is 0 Å². The first-order chi connectivity index (χ1) is 9.68. The molecule has 0 saturated carbocycles. The van der Waals surface area contributed by atoms with Crippen LogP contribution in [0, 0.1) is 13.8 Å². The van der Waals surface area contributed by atoms with Crippen LogP contribution in [0.25, 0.3) is 10.8 Å². The van der Waals surface area contributed by atoms with Crippen molar-refractivity contribution in [1.29, 1.82) is 0 Å². The molecule has 100 valence electrons. The molecule has 0 aliphatic rings. The minimum atomic E-state index is -0.0824. The van der Waals surface area contributed by atoms with Crippen molar-refractivity contribution in [2.24, 2.45) is 5.73 Å². The van der Waals surface area contributed by atoms with E-state index in [9.17, 15) is 0 Å². The molecule has 0 saturated heterocycles. The zero-order valence-electron chi connectivity index (χ0n) is 11.9. The number of hydrogen-bond acceptors (Lipinski definition) is 1. The molecule has 3 aromatic carbocycles. The Kier molecular flexibility index (Phi) is 3.29. The van der Waals surface area contributed by atoms with Gasteiger partial charge in [0.1, 0.15) is 0 Å². The van der Waals surface area contributed by atoms with Crippen LogP contribution in [0.2, 0.25) is 0 Å². The van der Waals surface area contributed by atoms with E-state index >= 15 is 0 Å². The van der Waals surface area contributed by atoms with Crippen molar-refractivity contribution in [3.05, 3.63) is 82.9 Å². The summed E-state index contributed by atoms with van der Waals surface area (Å²) in [6.45, 7) is 4.28. The predicted molar refractivity (Wildman–Crippen MR) is 85.9 cm³/mol. The third-order valence-corrected chi connectivity index (χ3v) is 4.14. The fraction of sp³-hybridized carbons (Fsp3) is 0.158. The van der Waals surface area contributed by atoms with Crippen LogP contribution < -0.4 is 5.73 Å². The quantitative estimate of drug-likeness (QED) is 0.722. The number of aryl methyl sites for hydroxylation is 1. The van der Waals surface area contributed by atoms with Crippen LogP contribution in [0.1, 0.15) is 28.3 Å². The van der Waals surface area contributed by atoms with Crippen molar-refractivity contribution in [2.75, 3.05) is 0 Å². The lowest BCUT2D eigenvalue weighted by molar-refractivity contribution is 0.867. The second kappa shape index (κ2) is 5.10. The fourth-order valence-electron chi connectivity index (χ4n) is 2.80. The monoisotopic (exact) mass is 261 g/mol. The number of benzene rings is 3. The largest absolute Gasteiger partial charge is 0.320 e. The van der Waals surface area contributed by atoms with Crippen LogP contribution in [0.3, 0.4) is 0 Å². The SMILES string of the molecule is Cc1cccc(C(N)c2cccc3ccccc23)c1C. The number of nitrogens with two attached hydrogens (primary N) is 1. The highest BCUT2D eigenvalue weighted by Crippen LogP contribution is 2.29. The first-order valence-electron chi connectivity index (χ1n) is 6.98. The van der Waals surface area contributed by atoms with E-state index < -0.39 is 0 Å². The molecule has 0 aliphatic heterocycles. The molecule has 0 spiro atoms. The normalized spacial score (nSPS) is 12.6. The summed E-state index contributed by atoms with van der Waals surface area (Å²) in [5, 5.41) is 2.48. The molecular formula is C19H19N. The second-order valence-corrected chi connectivity index (χ2v) is 5.34. The summed E-state index contributed by atoms with van der Waals surface area (Å²) in [5.74, 6) is 0. The zero-order chi connectivity index (χ0) is 14.1. The Morgan fingerprint density at radius 3 is 2.25 bits per heavy atom. The first kappa shape index (κ1) is 12.9. The second-order valence-electron chi connectivity index (χ2n) is 5.34. The van der Waals surface area contributed by atoms with E-state index in [1.165, 1.54) is 33.0 Å². The van der Waals surface area contributed by atoms with Crippen LogP contribution in [0.4, 0.5) is 0 Å². The fourth-order valence-corrected chi connectivity index (χ4v) is 2.80. The standard InChI is InChI=1S/C19H19N/c1-13-7-5-11-16(14(13)2)19(20)18-12-6-9-15-8-3-4-10-17(15)18/h3-12,19H,20H2,1-2H3. The zero-order valence-corrected chi connectivity index (χ0v) is 11.9. The molecule has 1 atom stereocenters. The van der Waals surface area contributed by atoms with Gasteiger partial charge in [0.25, 0.3) is 0 Å². The molecule has 3 aromatic rings. The van der Waals surface area contributed by atoms with Gasteiger partial charge in [0, 0.05) is 0 Å². The van der Waals surface area contributed by atoms with Gasteiger partial charge in [0.2, 0.25) is 0 Å². The first-order valence-corrected chi connectivity index (χ1v) is 6.98. The lowest BCUT2D eigenvalue weighted by atomic mass is 9.90. The number of hydrogen-bond donors (Lipinski definition) is 1. The summed E-state index contributed by atoms with van der Waals surface area (Å²) >= 11 is 0. The minimum absolute atomic E-state index is 0.0824. The Bertz CT molecular complexity index is 753. The Morgan fingerprint density at radius 1 is 0.750 bits per heavy atom. The van der Waals surface area contributed by atoms with Gasteiger partial charge in [-0.2, -0.15) is 0 Å². The van der Waals surface area contributed by atoms with Crippen LogP contribution in [-0.4, -0.2) is 0 Å². The Hall–Kier alpha value is -2.12. The lowest BCUT2D eigenvalue weighted by Crippen LogP contribution is -2.14. The van der Waals surface area contributed by atoms with E-state index in [0.717, 1.165) is 0 Å². The van der Waals surface area contributed by atoms with Gasteiger partial charge >= 0.3 is 0 Å². The molecule has 2 N–H and O–H groups in total. The highest BCUT2D eigenvalue weighted by Gasteiger charge is 2.14. The summed E-state index contributed by atoms with van der Waals surface area (Å²) in [6, 6.07) is 21.0. The topological polar surface area (TPSA) is 26.0 Å². The van der Waals surface area contributed by atoms with Crippen molar-refractivity contribution in [3.63, 3.8) is 0 Å². The lowest BCUT2D eigenvalue weighted by Gasteiger charge is -2.18. The predicted octanol–water partition coefficient (Wildman–Crippen LogP) is 4.50. The number of fused-ring (bicyclic) bond motifs is 1. The van der Waals surface area contributed by atoms with Gasteiger partial charge in [-0.25, -0.2) is 0 Å². The highest BCUT2D eigenvalue weighted by molar-refractivity contribution is 5.86. The third-order valence-electron chi connectivity index (χ3n) is 4.14. The van der Waals surface area contributed by atoms with Gasteiger partial charge < -0.3 is 5.73 Å². The van der Waals surface area contributed by atoms with Crippen molar-refractivity contribution in [3.8, 4) is 0 Å². The van der Waals surface area contributed by atoms with Crippen molar-refractivity contribution >= 4 is 10.8 Å². The Balaban J connectivity index is 2.18. The van der Waals surface area contributed by atoms with Crippen molar-refractivity contribution < 1.29 is 0 Å². The smallest absolute Gasteiger partial charge is 0.0560 e. The molecule has 0 aromatic heterocycles. The van der Waals surface area contributed by atoms with Crippen LogP contribution in [0.15, 0.2) is 60.7 Å². The van der Waals surface area contributed by atoms with Gasteiger partial charge in [-0.3, -0.25) is 0 Å². The van der Waals surface area contributed by atoms with Crippen LogP contribution in [-0.2, 0) is 0 Å². The third kappa shape index (κ3) is 2.10. The summed E-state index contributed by atoms with van der Waals surface area (Å²) in [7, 11) is 0. The maximum Gasteiger partial charge on any atom is 0.0560 e. The van der Waals surface area contributed by atoms with E-state index in [1.54, 1.807) is 0 Å². The van der Waals surface area contributed by atoms with Gasteiger partial charge in [-0.1, -0.05) is 60.7 Å². The molecule has 0 heterocycles. The van der Waals surface area contributed by atoms with E-state index in [0.29, 0.717) is 0 Å². The number of rotatable bonds is 2. The molecule has 1 heteroatoms. The molecule has 1 unspecified atom stereocenters. The Labute approximate surface area is 120 Å². The summed E-state index contributed by atoms with van der Waals surface area (Å²) in [4.78, 5) is 0. The molecule has 0 aliphatic carbocycles. The maximum atomic E-state index is 6.55. The van der Waals surface area contributed by atoms with Crippen molar-refractivity contribution in [2.45, 2.75) is 19.9 Å². The summed E-state index contributed by atoms with van der Waals surface area (Å²) in [6.07, 6.45) is 0.